The maximum atomic E-state index is 11.0. The first-order chi connectivity index (χ1) is 7.63. The fraction of sp³-hybridized carbons (Fsp3) is 0.333. The Labute approximate surface area is 93.4 Å². The van der Waals surface area contributed by atoms with Crippen LogP contribution in [0.1, 0.15) is 18.4 Å². The maximum absolute atomic E-state index is 11.0. The normalized spacial score (nSPS) is 16.2. The van der Waals surface area contributed by atoms with Gasteiger partial charge in [-0.3, -0.25) is 10.1 Å². The van der Waals surface area contributed by atoms with E-state index in [2.05, 4.69) is 5.92 Å². The van der Waals surface area contributed by atoms with E-state index < -0.39 is 10.3 Å². The maximum Gasteiger partial charge on any atom is 0.277 e. The summed E-state index contributed by atoms with van der Waals surface area (Å²) in [5.74, 6) is 3.13. The third kappa shape index (κ3) is 1.50. The molecule has 1 aromatic rings. The fourth-order valence-electron chi connectivity index (χ4n) is 1.81. The van der Waals surface area contributed by atoms with E-state index in [9.17, 15) is 10.1 Å². The summed E-state index contributed by atoms with van der Waals surface area (Å²) in [6, 6.07) is 4.83. The van der Waals surface area contributed by atoms with Crippen molar-refractivity contribution >= 4 is 5.69 Å². The summed E-state index contributed by atoms with van der Waals surface area (Å²) in [6.07, 6.45) is 7.07. The standard InChI is InChI=1S/C12H11NO3/c1-3-12(6-7-12)10-5-4-9(16-2)8-11(10)13(14)15/h1,4-5,8H,6-7H2,2H3. The third-order valence-corrected chi connectivity index (χ3v) is 2.94. The van der Waals surface area contributed by atoms with Gasteiger partial charge in [0.15, 0.2) is 0 Å². The highest BCUT2D eigenvalue weighted by molar-refractivity contribution is 5.55. The van der Waals surface area contributed by atoms with Crippen LogP contribution in [0.3, 0.4) is 0 Å². The summed E-state index contributed by atoms with van der Waals surface area (Å²) in [5, 5.41) is 11.0. The van der Waals surface area contributed by atoms with Gasteiger partial charge in [-0.2, -0.15) is 0 Å². The molecule has 2 rings (SSSR count). The highest BCUT2D eigenvalue weighted by Crippen LogP contribution is 2.51. The molecule has 82 valence electrons. The minimum atomic E-state index is -0.422. The molecular formula is C12H11NO3. The first-order valence-corrected chi connectivity index (χ1v) is 4.93. The lowest BCUT2D eigenvalue weighted by Crippen LogP contribution is -2.07. The topological polar surface area (TPSA) is 52.4 Å². The van der Waals surface area contributed by atoms with Gasteiger partial charge in [0.05, 0.1) is 23.5 Å². The van der Waals surface area contributed by atoms with Gasteiger partial charge in [-0.1, -0.05) is 5.92 Å². The Morgan fingerprint density at radius 1 is 1.56 bits per heavy atom. The van der Waals surface area contributed by atoms with Crippen molar-refractivity contribution in [2.75, 3.05) is 7.11 Å². The lowest BCUT2D eigenvalue weighted by molar-refractivity contribution is -0.385. The molecule has 4 nitrogen and oxygen atoms in total. The third-order valence-electron chi connectivity index (χ3n) is 2.94. The molecule has 1 fully saturated rings. The van der Waals surface area contributed by atoms with Crippen molar-refractivity contribution in [1.82, 2.24) is 0 Å². The van der Waals surface area contributed by atoms with Crippen LogP contribution in [-0.2, 0) is 5.41 Å². The molecule has 0 amide bonds. The Balaban J connectivity index is 2.54. The Bertz CT molecular complexity index is 484. The largest absolute Gasteiger partial charge is 0.497 e. The highest BCUT2D eigenvalue weighted by atomic mass is 16.6. The Morgan fingerprint density at radius 2 is 2.25 bits per heavy atom. The van der Waals surface area contributed by atoms with Crippen molar-refractivity contribution in [2.45, 2.75) is 18.3 Å². The summed E-state index contributed by atoms with van der Waals surface area (Å²) in [7, 11) is 1.48. The lowest BCUT2D eigenvalue weighted by Gasteiger charge is -2.09. The smallest absolute Gasteiger partial charge is 0.277 e. The van der Waals surface area contributed by atoms with Crippen molar-refractivity contribution in [3.8, 4) is 18.1 Å². The molecule has 0 unspecified atom stereocenters. The molecule has 1 aliphatic carbocycles. The van der Waals surface area contributed by atoms with E-state index in [1.54, 1.807) is 12.1 Å². The molecule has 0 aromatic heterocycles. The zero-order valence-corrected chi connectivity index (χ0v) is 8.90. The van der Waals surface area contributed by atoms with Gasteiger partial charge in [0.2, 0.25) is 0 Å². The first-order valence-electron chi connectivity index (χ1n) is 4.93. The monoisotopic (exact) mass is 217 g/mol. The molecule has 0 N–H and O–H groups in total. The average molecular weight is 217 g/mol. The van der Waals surface area contributed by atoms with Crippen molar-refractivity contribution in [3.05, 3.63) is 33.9 Å². The predicted molar refractivity (Wildman–Crippen MR) is 59.4 cm³/mol. The summed E-state index contributed by atoms with van der Waals surface area (Å²) in [5.41, 5.74) is 0.255. The van der Waals surface area contributed by atoms with Gasteiger partial charge < -0.3 is 4.74 Å². The van der Waals surface area contributed by atoms with Crippen molar-refractivity contribution in [2.24, 2.45) is 0 Å². The quantitative estimate of drug-likeness (QED) is 0.443. The first kappa shape index (κ1) is 10.5. The summed E-state index contributed by atoms with van der Waals surface area (Å²) < 4.78 is 4.97. The molecule has 4 heteroatoms. The minimum Gasteiger partial charge on any atom is -0.497 e. The average Bonchev–Trinajstić information content (AvgIpc) is 3.09. The van der Waals surface area contributed by atoms with E-state index in [1.807, 2.05) is 0 Å². The number of hydrogen-bond acceptors (Lipinski definition) is 3. The zero-order valence-electron chi connectivity index (χ0n) is 8.90. The molecular weight excluding hydrogens is 206 g/mol. The fourth-order valence-corrected chi connectivity index (χ4v) is 1.81. The second-order valence-corrected chi connectivity index (χ2v) is 3.87. The van der Waals surface area contributed by atoms with Crippen LogP contribution >= 0.6 is 0 Å². The number of benzene rings is 1. The number of hydrogen-bond donors (Lipinski definition) is 0. The lowest BCUT2D eigenvalue weighted by atomic mass is 9.95. The van der Waals surface area contributed by atoms with E-state index in [4.69, 9.17) is 11.2 Å². The molecule has 1 aliphatic rings. The number of nitro benzene ring substituents is 1. The Morgan fingerprint density at radius 3 is 2.69 bits per heavy atom. The van der Waals surface area contributed by atoms with Crippen molar-refractivity contribution in [1.29, 1.82) is 0 Å². The second-order valence-electron chi connectivity index (χ2n) is 3.87. The van der Waals surface area contributed by atoms with Crippen molar-refractivity contribution in [3.63, 3.8) is 0 Å². The summed E-state index contributed by atoms with van der Waals surface area (Å²) in [6.45, 7) is 0. The van der Waals surface area contributed by atoms with Crippen LogP contribution in [-0.4, -0.2) is 12.0 Å². The SMILES string of the molecule is C#CC1(c2ccc(OC)cc2[N+](=O)[O-])CC1. The number of nitrogens with zero attached hydrogens (tertiary/aromatic N) is 1. The van der Waals surface area contributed by atoms with Crippen LogP contribution in [0.15, 0.2) is 18.2 Å². The van der Waals surface area contributed by atoms with Gasteiger partial charge in [0.25, 0.3) is 5.69 Å². The zero-order chi connectivity index (χ0) is 11.8. The molecule has 0 atom stereocenters. The van der Waals surface area contributed by atoms with Crippen LogP contribution in [0.2, 0.25) is 0 Å². The molecule has 0 aliphatic heterocycles. The Hall–Kier alpha value is -2.02. The molecule has 0 heterocycles. The van der Waals surface area contributed by atoms with Crippen LogP contribution < -0.4 is 4.74 Å². The summed E-state index contributed by atoms with van der Waals surface area (Å²) >= 11 is 0. The second kappa shape index (κ2) is 3.53. The number of terminal acetylenes is 1. The van der Waals surface area contributed by atoms with Gasteiger partial charge in [0, 0.05) is 5.56 Å². The molecule has 1 saturated carbocycles. The van der Waals surface area contributed by atoms with Gasteiger partial charge >= 0.3 is 0 Å². The van der Waals surface area contributed by atoms with Gasteiger partial charge in [-0.15, -0.1) is 6.42 Å². The van der Waals surface area contributed by atoms with E-state index in [1.165, 1.54) is 13.2 Å². The van der Waals surface area contributed by atoms with Crippen molar-refractivity contribution < 1.29 is 9.66 Å². The molecule has 1 aromatic carbocycles. The minimum absolute atomic E-state index is 0.0507. The van der Waals surface area contributed by atoms with Crippen LogP contribution in [0.4, 0.5) is 5.69 Å². The van der Waals surface area contributed by atoms with E-state index in [0.717, 1.165) is 12.8 Å². The number of rotatable bonds is 3. The van der Waals surface area contributed by atoms with E-state index >= 15 is 0 Å². The van der Waals surface area contributed by atoms with E-state index in [-0.39, 0.29) is 5.69 Å². The number of ether oxygens (including phenoxy) is 1. The van der Waals surface area contributed by atoms with Gasteiger partial charge in [-0.05, 0) is 25.0 Å². The summed E-state index contributed by atoms with van der Waals surface area (Å²) in [4.78, 5) is 10.6. The number of nitro groups is 1. The number of methoxy groups -OCH3 is 1. The molecule has 0 bridgehead atoms. The van der Waals surface area contributed by atoms with Gasteiger partial charge in [-0.25, -0.2) is 0 Å². The van der Waals surface area contributed by atoms with Crippen LogP contribution in [0, 0.1) is 22.5 Å². The molecule has 16 heavy (non-hydrogen) atoms. The molecule has 0 spiro atoms. The van der Waals surface area contributed by atoms with E-state index in [0.29, 0.717) is 11.3 Å². The van der Waals surface area contributed by atoms with Gasteiger partial charge in [0.1, 0.15) is 5.75 Å². The van der Waals surface area contributed by atoms with Crippen LogP contribution in [0.25, 0.3) is 0 Å². The van der Waals surface area contributed by atoms with Crippen LogP contribution in [0.5, 0.6) is 5.75 Å². The highest BCUT2D eigenvalue weighted by Gasteiger charge is 2.46. The molecule has 0 radical (unpaired) electrons. The molecule has 0 saturated heterocycles. The Kier molecular flexibility index (Phi) is 2.31. The predicted octanol–water partition coefficient (Wildman–Crippen LogP) is 2.27.